The standard InChI is InChI=1S/C21H21N3O2/c1-24-17-12-6-5-11-16(17)22-20(24)19(15-9-3-2-4-10-15)23-21(25)18-13-7-8-14-26-18/h2-6,9-13,19H,7-8,14H2,1H3,(H,23,25)/t19-/m1/s1. The van der Waals surface area contributed by atoms with Crippen molar-refractivity contribution in [2.75, 3.05) is 6.61 Å². The van der Waals surface area contributed by atoms with Crippen LogP contribution in [0.25, 0.3) is 11.0 Å². The second kappa shape index (κ2) is 7.04. The van der Waals surface area contributed by atoms with Gasteiger partial charge in [0.05, 0.1) is 17.6 Å². The molecule has 1 aromatic heterocycles. The van der Waals surface area contributed by atoms with Crippen LogP contribution in [0.3, 0.4) is 0 Å². The highest BCUT2D eigenvalue weighted by molar-refractivity contribution is 5.92. The lowest BCUT2D eigenvalue weighted by Crippen LogP contribution is -2.33. The molecule has 0 spiro atoms. The van der Waals surface area contributed by atoms with Gasteiger partial charge < -0.3 is 14.6 Å². The molecule has 1 aliphatic rings. The first-order chi connectivity index (χ1) is 12.7. The minimum atomic E-state index is -0.354. The molecule has 0 unspecified atom stereocenters. The van der Waals surface area contributed by atoms with Gasteiger partial charge in [-0.2, -0.15) is 0 Å². The molecule has 2 heterocycles. The van der Waals surface area contributed by atoms with E-state index in [1.54, 1.807) is 0 Å². The highest BCUT2D eigenvalue weighted by atomic mass is 16.5. The lowest BCUT2D eigenvalue weighted by molar-refractivity contribution is -0.121. The van der Waals surface area contributed by atoms with Gasteiger partial charge >= 0.3 is 0 Å². The Morgan fingerprint density at radius 2 is 1.92 bits per heavy atom. The topological polar surface area (TPSA) is 56.2 Å². The van der Waals surface area contributed by atoms with Gasteiger partial charge in [-0.3, -0.25) is 4.79 Å². The van der Waals surface area contributed by atoms with Crippen molar-refractivity contribution in [1.82, 2.24) is 14.9 Å². The second-order valence-corrected chi connectivity index (χ2v) is 6.39. The van der Waals surface area contributed by atoms with E-state index in [-0.39, 0.29) is 11.9 Å². The van der Waals surface area contributed by atoms with Crippen LogP contribution in [0, 0.1) is 0 Å². The number of ether oxygens (including phenoxy) is 1. The van der Waals surface area contributed by atoms with Crippen LogP contribution in [0.1, 0.15) is 30.3 Å². The van der Waals surface area contributed by atoms with Crippen molar-refractivity contribution >= 4 is 16.9 Å². The molecule has 1 aliphatic heterocycles. The summed E-state index contributed by atoms with van der Waals surface area (Å²) in [7, 11) is 1.98. The monoisotopic (exact) mass is 347 g/mol. The number of imidazole rings is 1. The summed E-state index contributed by atoms with van der Waals surface area (Å²) in [4.78, 5) is 17.5. The first-order valence-corrected chi connectivity index (χ1v) is 8.84. The highest BCUT2D eigenvalue weighted by Gasteiger charge is 2.25. The molecular weight excluding hydrogens is 326 g/mol. The van der Waals surface area contributed by atoms with Crippen LogP contribution < -0.4 is 5.32 Å². The molecule has 0 saturated carbocycles. The SMILES string of the molecule is Cn1c([C@H](NC(=O)C2=CCCCO2)c2ccccc2)nc2ccccc21. The van der Waals surface area contributed by atoms with Crippen LogP contribution in [0.5, 0.6) is 0 Å². The van der Waals surface area contributed by atoms with Gasteiger partial charge in [-0.25, -0.2) is 4.98 Å². The lowest BCUT2D eigenvalue weighted by Gasteiger charge is -2.21. The quantitative estimate of drug-likeness (QED) is 0.786. The van der Waals surface area contributed by atoms with Crippen molar-refractivity contribution in [3.8, 4) is 0 Å². The van der Waals surface area contributed by atoms with Gasteiger partial charge in [0.15, 0.2) is 5.76 Å². The van der Waals surface area contributed by atoms with E-state index in [9.17, 15) is 4.79 Å². The molecule has 0 saturated heterocycles. The minimum Gasteiger partial charge on any atom is -0.488 e. The van der Waals surface area contributed by atoms with Gasteiger partial charge in [-0.1, -0.05) is 42.5 Å². The maximum absolute atomic E-state index is 12.7. The number of amides is 1. The average molecular weight is 347 g/mol. The number of benzene rings is 2. The van der Waals surface area contributed by atoms with E-state index in [0.717, 1.165) is 35.3 Å². The summed E-state index contributed by atoms with van der Waals surface area (Å²) in [6.07, 6.45) is 3.67. The smallest absolute Gasteiger partial charge is 0.286 e. The zero-order chi connectivity index (χ0) is 17.9. The summed E-state index contributed by atoms with van der Waals surface area (Å²) in [6.45, 7) is 0.585. The molecule has 5 heteroatoms. The molecule has 26 heavy (non-hydrogen) atoms. The number of rotatable bonds is 4. The first-order valence-electron chi connectivity index (χ1n) is 8.84. The van der Waals surface area contributed by atoms with Crippen molar-refractivity contribution in [2.24, 2.45) is 7.05 Å². The molecule has 0 bridgehead atoms. The Balaban J connectivity index is 1.74. The minimum absolute atomic E-state index is 0.203. The average Bonchev–Trinajstić information content (AvgIpc) is 3.04. The number of para-hydroxylation sites is 2. The molecule has 1 N–H and O–H groups in total. The predicted molar refractivity (Wildman–Crippen MR) is 100 cm³/mol. The molecule has 132 valence electrons. The number of carbonyl (C=O) groups is 1. The van der Waals surface area contributed by atoms with Crippen molar-refractivity contribution < 1.29 is 9.53 Å². The normalized spacial score (nSPS) is 15.2. The van der Waals surface area contributed by atoms with Gasteiger partial charge in [-0.15, -0.1) is 0 Å². The van der Waals surface area contributed by atoms with Gasteiger partial charge in [0, 0.05) is 7.05 Å². The fourth-order valence-electron chi connectivity index (χ4n) is 3.28. The summed E-state index contributed by atoms with van der Waals surface area (Å²) < 4.78 is 7.55. The van der Waals surface area contributed by atoms with Crippen LogP contribution in [0.4, 0.5) is 0 Å². The maximum atomic E-state index is 12.7. The van der Waals surface area contributed by atoms with Crippen LogP contribution in [-0.4, -0.2) is 22.1 Å². The Bertz CT molecular complexity index is 960. The first kappa shape index (κ1) is 16.4. The van der Waals surface area contributed by atoms with Gasteiger partial charge in [0.2, 0.25) is 0 Å². The van der Waals surface area contributed by atoms with Crippen molar-refractivity contribution in [1.29, 1.82) is 0 Å². The Kier molecular flexibility index (Phi) is 4.44. The molecule has 3 aromatic rings. The van der Waals surface area contributed by atoms with Gasteiger partial charge in [0.1, 0.15) is 11.9 Å². The number of hydrogen-bond donors (Lipinski definition) is 1. The van der Waals surface area contributed by atoms with Crippen molar-refractivity contribution in [2.45, 2.75) is 18.9 Å². The number of aryl methyl sites for hydroxylation is 1. The Hall–Kier alpha value is -3.08. The molecule has 5 nitrogen and oxygen atoms in total. The number of nitrogens with zero attached hydrogens (tertiary/aromatic N) is 2. The molecule has 0 aliphatic carbocycles. The second-order valence-electron chi connectivity index (χ2n) is 6.39. The van der Waals surface area contributed by atoms with Crippen LogP contribution in [0.2, 0.25) is 0 Å². The molecule has 4 rings (SSSR count). The lowest BCUT2D eigenvalue weighted by atomic mass is 10.1. The third-order valence-corrected chi connectivity index (χ3v) is 4.65. The Labute approximate surface area is 152 Å². The fraction of sp³-hybridized carbons (Fsp3) is 0.238. The number of fused-ring (bicyclic) bond motifs is 1. The van der Waals surface area contributed by atoms with E-state index in [4.69, 9.17) is 9.72 Å². The maximum Gasteiger partial charge on any atom is 0.286 e. The zero-order valence-corrected chi connectivity index (χ0v) is 14.7. The summed E-state index contributed by atoms with van der Waals surface area (Å²) >= 11 is 0. The molecule has 2 aromatic carbocycles. The van der Waals surface area contributed by atoms with E-state index in [0.29, 0.717) is 12.4 Å². The van der Waals surface area contributed by atoms with Gasteiger partial charge in [0.25, 0.3) is 5.91 Å². The largest absolute Gasteiger partial charge is 0.488 e. The summed E-state index contributed by atoms with van der Waals surface area (Å²) in [5.74, 6) is 0.990. The van der Waals surface area contributed by atoms with Crippen LogP contribution in [0.15, 0.2) is 66.4 Å². The van der Waals surface area contributed by atoms with Crippen molar-refractivity contribution in [3.05, 3.63) is 77.8 Å². The van der Waals surface area contributed by atoms with E-state index in [2.05, 4.69) is 5.32 Å². The number of carbonyl (C=O) groups excluding carboxylic acids is 1. The fourth-order valence-corrected chi connectivity index (χ4v) is 3.28. The van der Waals surface area contributed by atoms with E-state index in [1.807, 2.05) is 72.3 Å². The molecule has 1 atom stereocenters. The van der Waals surface area contributed by atoms with Crippen LogP contribution in [-0.2, 0) is 16.6 Å². The van der Waals surface area contributed by atoms with E-state index < -0.39 is 0 Å². The zero-order valence-electron chi connectivity index (χ0n) is 14.7. The number of aromatic nitrogens is 2. The van der Waals surface area contributed by atoms with E-state index >= 15 is 0 Å². The van der Waals surface area contributed by atoms with Crippen LogP contribution >= 0.6 is 0 Å². The van der Waals surface area contributed by atoms with Gasteiger partial charge in [-0.05, 0) is 36.6 Å². The number of hydrogen-bond acceptors (Lipinski definition) is 3. The number of nitrogens with one attached hydrogen (secondary N) is 1. The third kappa shape index (κ3) is 3.08. The third-order valence-electron chi connectivity index (χ3n) is 4.65. The summed E-state index contributed by atoms with van der Waals surface area (Å²) in [5, 5.41) is 3.11. The van der Waals surface area contributed by atoms with Crippen molar-refractivity contribution in [3.63, 3.8) is 0 Å². The molecular formula is C21H21N3O2. The Morgan fingerprint density at radius 1 is 1.15 bits per heavy atom. The predicted octanol–water partition coefficient (Wildman–Crippen LogP) is 3.47. The molecule has 0 fully saturated rings. The summed E-state index contributed by atoms with van der Waals surface area (Å²) in [5.41, 5.74) is 2.93. The van der Waals surface area contributed by atoms with E-state index in [1.165, 1.54) is 0 Å². The molecule has 1 amide bonds. The Morgan fingerprint density at radius 3 is 2.65 bits per heavy atom. The number of allylic oxidation sites excluding steroid dienone is 1. The highest BCUT2D eigenvalue weighted by Crippen LogP contribution is 2.25. The summed E-state index contributed by atoms with van der Waals surface area (Å²) in [6, 6.07) is 17.5. The molecule has 0 radical (unpaired) electrons.